The quantitative estimate of drug-likeness (QED) is 0.522. The van der Waals surface area contributed by atoms with E-state index in [1.807, 2.05) is 29.6 Å². The maximum absolute atomic E-state index is 11.1. The molecule has 0 atom stereocenters. The van der Waals surface area contributed by atoms with Gasteiger partial charge in [-0.2, -0.15) is 5.10 Å². The van der Waals surface area contributed by atoms with Gasteiger partial charge in [-0.15, -0.1) is 11.3 Å². The predicted molar refractivity (Wildman–Crippen MR) is 91.6 cm³/mol. The van der Waals surface area contributed by atoms with Gasteiger partial charge < -0.3 is 4.74 Å². The van der Waals surface area contributed by atoms with Gasteiger partial charge in [0.1, 0.15) is 22.1 Å². The van der Waals surface area contributed by atoms with Gasteiger partial charge in [-0.3, -0.25) is 14.8 Å². The van der Waals surface area contributed by atoms with Gasteiger partial charge in [0, 0.05) is 5.38 Å². The molecular formula is C16H16N4O3S. The van der Waals surface area contributed by atoms with Crippen molar-refractivity contribution in [3.8, 4) is 16.3 Å². The van der Waals surface area contributed by atoms with Crippen molar-refractivity contribution in [1.29, 1.82) is 0 Å². The monoisotopic (exact) mass is 344 g/mol. The number of rotatable bonds is 5. The van der Waals surface area contributed by atoms with Crippen LogP contribution in [0.2, 0.25) is 0 Å². The smallest absolute Gasteiger partial charge is 0.312 e. The van der Waals surface area contributed by atoms with E-state index in [-0.39, 0.29) is 5.69 Å². The molecule has 8 heteroatoms. The summed E-state index contributed by atoms with van der Waals surface area (Å²) < 4.78 is 6.99. The van der Waals surface area contributed by atoms with Crippen LogP contribution in [0.15, 0.2) is 29.6 Å². The van der Waals surface area contributed by atoms with Crippen molar-refractivity contribution < 1.29 is 9.66 Å². The molecule has 1 aromatic carbocycles. The van der Waals surface area contributed by atoms with E-state index < -0.39 is 4.92 Å². The molecule has 0 fully saturated rings. The molecule has 2 heterocycles. The third kappa shape index (κ3) is 2.88. The lowest BCUT2D eigenvalue weighted by atomic mass is 10.2. The highest BCUT2D eigenvalue weighted by Gasteiger charge is 2.22. The Morgan fingerprint density at radius 1 is 1.33 bits per heavy atom. The van der Waals surface area contributed by atoms with Crippen LogP contribution in [-0.2, 0) is 6.54 Å². The molecule has 0 aliphatic heterocycles. The zero-order valence-corrected chi connectivity index (χ0v) is 14.3. The highest BCUT2D eigenvalue weighted by atomic mass is 32.1. The maximum Gasteiger partial charge on any atom is 0.312 e. The standard InChI is InChI=1S/C16H16N4O3S/c1-10-15(20(21)22)11(2)19(18-10)8-12-9-24-16(17-12)13-6-4-5-7-14(13)23-3/h4-7,9H,8H2,1-3H3. The molecular weight excluding hydrogens is 328 g/mol. The number of hydrogen-bond acceptors (Lipinski definition) is 6. The summed E-state index contributed by atoms with van der Waals surface area (Å²) in [6.45, 7) is 3.74. The largest absolute Gasteiger partial charge is 0.496 e. The topological polar surface area (TPSA) is 83.1 Å². The van der Waals surface area contributed by atoms with Gasteiger partial charge in [0.05, 0.1) is 29.8 Å². The summed E-state index contributed by atoms with van der Waals surface area (Å²) in [6, 6.07) is 7.69. The summed E-state index contributed by atoms with van der Waals surface area (Å²) in [5, 5.41) is 18.1. The Labute approximate surface area is 142 Å². The molecule has 0 saturated carbocycles. The summed E-state index contributed by atoms with van der Waals surface area (Å²) in [6.07, 6.45) is 0. The molecule has 0 saturated heterocycles. The second-order valence-corrected chi connectivity index (χ2v) is 6.14. The molecule has 0 aliphatic carbocycles. The Balaban J connectivity index is 1.90. The van der Waals surface area contributed by atoms with Crippen LogP contribution in [0.5, 0.6) is 5.75 Å². The number of para-hydroxylation sites is 1. The van der Waals surface area contributed by atoms with Gasteiger partial charge in [0.2, 0.25) is 0 Å². The summed E-state index contributed by atoms with van der Waals surface area (Å²) in [7, 11) is 1.63. The van der Waals surface area contributed by atoms with E-state index in [1.165, 1.54) is 11.3 Å². The maximum atomic E-state index is 11.1. The first kappa shape index (κ1) is 16.1. The number of methoxy groups -OCH3 is 1. The number of nitro groups is 1. The van der Waals surface area contributed by atoms with Gasteiger partial charge in [-0.25, -0.2) is 4.98 Å². The number of hydrogen-bond donors (Lipinski definition) is 0. The lowest BCUT2D eigenvalue weighted by Crippen LogP contribution is -2.04. The highest BCUT2D eigenvalue weighted by Crippen LogP contribution is 2.32. The zero-order chi connectivity index (χ0) is 17.3. The van der Waals surface area contributed by atoms with Crippen LogP contribution in [0, 0.1) is 24.0 Å². The third-order valence-electron chi connectivity index (χ3n) is 3.73. The molecule has 2 aromatic heterocycles. The molecule has 0 amide bonds. The Morgan fingerprint density at radius 3 is 2.75 bits per heavy atom. The summed E-state index contributed by atoms with van der Waals surface area (Å²) in [5.41, 5.74) is 2.74. The lowest BCUT2D eigenvalue weighted by molar-refractivity contribution is -0.386. The normalized spacial score (nSPS) is 10.8. The van der Waals surface area contributed by atoms with Gasteiger partial charge >= 0.3 is 5.69 Å². The average molecular weight is 344 g/mol. The minimum Gasteiger partial charge on any atom is -0.496 e. The Kier molecular flexibility index (Phi) is 4.30. The van der Waals surface area contributed by atoms with Crippen molar-refractivity contribution >= 4 is 17.0 Å². The van der Waals surface area contributed by atoms with Gasteiger partial charge in [0.25, 0.3) is 0 Å². The van der Waals surface area contributed by atoms with Gasteiger partial charge in [0.15, 0.2) is 0 Å². The lowest BCUT2D eigenvalue weighted by Gasteiger charge is -2.04. The second-order valence-electron chi connectivity index (χ2n) is 5.28. The molecule has 0 N–H and O–H groups in total. The van der Waals surface area contributed by atoms with Crippen LogP contribution in [-0.4, -0.2) is 26.8 Å². The fraction of sp³-hybridized carbons (Fsp3) is 0.250. The Bertz CT molecular complexity index is 901. The number of aromatic nitrogens is 3. The SMILES string of the molecule is COc1ccccc1-c1nc(Cn2nc(C)c([N+](=O)[O-])c2C)cs1. The second kappa shape index (κ2) is 6.40. The van der Waals surface area contributed by atoms with Crippen LogP contribution < -0.4 is 4.74 Å². The molecule has 0 spiro atoms. The molecule has 0 bridgehead atoms. The van der Waals surface area contributed by atoms with Crippen LogP contribution in [0.1, 0.15) is 17.1 Å². The van der Waals surface area contributed by atoms with E-state index in [2.05, 4.69) is 10.1 Å². The van der Waals surface area contributed by atoms with E-state index in [4.69, 9.17) is 4.74 Å². The molecule has 124 valence electrons. The van der Waals surface area contributed by atoms with E-state index in [0.29, 0.717) is 17.9 Å². The first-order chi connectivity index (χ1) is 11.5. The van der Waals surface area contributed by atoms with E-state index >= 15 is 0 Å². The fourth-order valence-electron chi connectivity index (χ4n) is 2.58. The molecule has 0 aliphatic rings. The molecule has 7 nitrogen and oxygen atoms in total. The molecule has 3 aromatic rings. The molecule has 24 heavy (non-hydrogen) atoms. The average Bonchev–Trinajstić information content (AvgIpc) is 3.12. The van der Waals surface area contributed by atoms with Crippen LogP contribution in [0.25, 0.3) is 10.6 Å². The molecule has 3 rings (SSSR count). The van der Waals surface area contributed by atoms with Crippen LogP contribution in [0.3, 0.4) is 0 Å². The van der Waals surface area contributed by atoms with Crippen LogP contribution in [0.4, 0.5) is 5.69 Å². The summed E-state index contributed by atoms with van der Waals surface area (Å²) >= 11 is 1.51. The van der Waals surface area contributed by atoms with Gasteiger partial charge in [-0.1, -0.05) is 12.1 Å². The van der Waals surface area contributed by atoms with Crippen molar-refractivity contribution in [3.05, 3.63) is 56.8 Å². The molecule has 0 unspecified atom stereocenters. The third-order valence-corrected chi connectivity index (χ3v) is 4.65. The summed E-state index contributed by atoms with van der Waals surface area (Å²) in [4.78, 5) is 15.3. The first-order valence-electron chi connectivity index (χ1n) is 7.27. The van der Waals surface area contributed by atoms with Crippen molar-refractivity contribution in [2.24, 2.45) is 0 Å². The zero-order valence-electron chi connectivity index (χ0n) is 13.5. The fourth-order valence-corrected chi connectivity index (χ4v) is 3.42. The van der Waals surface area contributed by atoms with Crippen molar-refractivity contribution in [2.75, 3.05) is 7.11 Å². The number of nitrogens with zero attached hydrogens (tertiary/aromatic N) is 4. The molecule has 0 radical (unpaired) electrons. The van der Waals surface area contributed by atoms with Crippen LogP contribution >= 0.6 is 11.3 Å². The number of ether oxygens (including phenoxy) is 1. The van der Waals surface area contributed by atoms with Crippen molar-refractivity contribution in [2.45, 2.75) is 20.4 Å². The van der Waals surface area contributed by atoms with Gasteiger partial charge in [-0.05, 0) is 26.0 Å². The minimum absolute atomic E-state index is 0.0650. The summed E-state index contributed by atoms with van der Waals surface area (Å²) in [5.74, 6) is 0.764. The number of benzene rings is 1. The number of aryl methyl sites for hydroxylation is 1. The van der Waals surface area contributed by atoms with E-state index in [0.717, 1.165) is 22.0 Å². The van der Waals surface area contributed by atoms with E-state index in [1.54, 1.807) is 25.6 Å². The Hall–Kier alpha value is -2.74. The van der Waals surface area contributed by atoms with Crippen molar-refractivity contribution in [3.63, 3.8) is 0 Å². The van der Waals surface area contributed by atoms with Crippen molar-refractivity contribution in [1.82, 2.24) is 14.8 Å². The first-order valence-corrected chi connectivity index (χ1v) is 8.15. The Morgan fingerprint density at radius 2 is 2.08 bits per heavy atom. The number of thiazole rings is 1. The predicted octanol–water partition coefficient (Wildman–Crippen LogP) is 3.59. The highest BCUT2D eigenvalue weighted by molar-refractivity contribution is 7.13. The van der Waals surface area contributed by atoms with E-state index in [9.17, 15) is 10.1 Å². The minimum atomic E-state index is -0.393.